The number of carbonyl (C=O) groups is 3. The van der Waals surface area contributed by atoms with Crippen LogP contribution in [0, 0.1) is 6.92 Å². The Morgan fingerprint density at radius 1 is 1.33 bits per heavy atom. The van der Waals surface area contributed by atoms with E-state index in [2.05, 4.69) is 10.3 Å². The Hall–Kier alpha value is -2.60. The number of halogens is 1. The minimum absolute atomic E-state index is 0.0437. The number of ketones is 1. The van der Waals surface area contributed by atoms with Gasteiger partial charge >= 0.3 is 5.97 Å². The topological polar surface area (TPSA) is 88.3 Å². The lowest BCUT2D eigenvalue weighted by atomic mass is 10.1. The molecule has 1 unspecified atom stereocenters. The zero-order valence-corrected chi connectivity index (χ0v) is 16.2. The number of fused-ring (bicyclic) bond motifs is 1. The zero-order valence-electron chi connectivity index (χ0n) is 15.4. The molecule has 1 aromatic carbocycles. The Labute approximate surface area is 162 Å². The number of hydrogen-bond donors (Lipinski definition) is 2. The van der Waals surface area contributed by atoms with E-state index in [1.54, 1.807) is 6.92 Å². The maximum atomic E-state index is 12.6. The van der Waals surface area contributed by atoms with Crippen molar-refractivity contribution in [3.8, 4) is 0 Å². The summed E-state index contributed by atoms with van der Waals surface area (Å²) in [6.07, 6.45) is 1.61. The van der Waals surface area contributed by atoms with Crippen molar-refractivity contribution in [3.63, 3.8) is 0 Å². The van der Waals surface area contributed by atoms with Gasteiger partial charge in [0.05, 0.1) is 30.8 Å². The van der Waals surface area contributed by atoms with Gasteiger partial charge in [-0.15, -0.1) is 0 Å². The first-order chi connectivity index (χ1) is 12.8. The number of H-pyrrole nitrogens is 1. The number of rotatable bonds is 5. The molecule has 0 radical (unpaired) electrons. The molecule has 2 aromatic rings. The van der Waals surface area contributed by atoms with E-state index >= 15 is 0 Å². The summed E-state index contributed by atoms with van der Waals surface area (Å²) in [5.74, 6) is -1.00. The second kappa shape index (κ2) is 7.56. The third-order valence-corrected chi connectivity index (χ3v) is 5.16. The SMILES string of the molecule is COC(=O)c1c(CC(=O)NC2CCc3cc(Cl)ccc32)[nH]c(C(C)=O)c1C. The second-order valence-electron chi connectivity index (χ2n) is 6.71. The molecule has 7 heteroatoms. The minimum atomic E-state index is -0.570. The van der Waals surface area contributed by atoms with Crippen LogP contribution >= 0.6 is 11.6 Å². The van der Waals surface area contributed by atoms with Crippen LogP contribution in [0.1, 0.15) is 62.6 Å². The lowest BCUT2D eigenvalue weighted by molar-refractivity contribution is -0.121. The molecule has 1 heterocycles. The number of nitrogens with one attached hydrogen (secondary N) is 2. The van der Waals surface area contributed by atoms with Crippen molar-refractivity contribution in [1.29, 1.82) is 0 Å². The van der Waals surface area contributed by atoms with Crippen LogP contribution in [0.15, 0.2) is 18.2 Å². The van der Waals surface area contributed by atoms with Crippen LogP contribution in [0.5, 0.6) is 0 Å². The first kappa shape index (κ1) is 19.2. The number of aromatic nitrogens is 1. The fourth-order valence-corrected chi connectivity index (χ4v) is 3.86. The molecular formula is C20H21ClN2O4. The molecule has 1 amide bonds. The molecule has 142 valence electrons. The number of aryl methyl sites for hydroxylation is 1. The number of hydrogen-bond acceptors (Lipinski definition) is 4. The number of ether oxygens (including phenoxy) is 1. The van der Waals surface area contributed by atoms with Crippen molar-refractivity contribution in [3.05, 3.63) is 56.9 Å². The van der Waals surface area contributed by atoms with Crippen molar-refractivity contribution in [2.24, 2.45) is 0 Å². The second-order valence-corrected chi connectivity index (χ2v) is 7.14. The molecule has 1 aliphatic rings. The van der Waals surface area contributed by atoms with Crippen LogP contribution in [0.3, 0.4) is 0 Å². The molecule has 1 aliphatic carbocycles. The number of benzene rings is 1. The highest BCUT2D eigenvalue weighted by molar-refractivity contribution is 6.30. The number of methoxy groups -OCH3 is 1. The number of amides is 1. The highest BCUT2D eigenvalue weighted by Gasteiger charge is 2.27. The fraction of sp³-hybridized carbons (Fsp3) is 0.350. The van der Waals surface area contributed by atoms with Crippen LogP contribution in [0.4, 0.5) is 0 Å². The Kier molecular flexibility index (Phi) is 5.37. The first-order valence-electron chi connectivity index (χ1n) is 8.70. The summed E-state index contributed by atoms with van der Waals surface area (Å²) in [5.41, 5.74) is 3.65. The largest absolute Gasteiger partial charge is 0.465 e. The van der Waals surface area contributed by atoms with E-state index in [0.29, 0.717) is 22.0 Å². The van der Waals surface area contributed by atoms with Gasteiger partial charge in [0.1, 0.15) is 0 Å². The Bertz CT molecular complexity index is 932. The molecule has 0 spiro atoms. The Morgan fingerprint density at radius 2 is 2.07 bits per heavy atom. The van der Waals surface area contributed by atoms with Gasteiger partial charge in [-0.3, -0.25) is 9.59 Å². The van der Waals surface area contributed by atoms with Gasteiger partial charge in [0, 0.05) is 17.6 Å². The summed E-state index contributed by atoms with van der Waals surface area (Å²) in [7, 11) is 1.27. The van der Waals surface area contributed by atoms with Crippen LogP contribution in [-0.2, 0) is 22.4 Å². The van der Waals surface area contributed by atoms with Crippen molar-refractivity contribution in [2.75, 3.05) is 7.11 Å². The molecule has 2 N–H and O–H groups in total. The maximum Gasteiger partial charge on any atom is 0.339 e. The third kappa shape index (κ3) is 3.76. The average Bonchev–Trinajstić information content (AvgIpc) is 3.15. The van der Waals surface area contributed by atoms with Crippen molar-refractivity contribution >= 4 is 29.3 Å². The van der Waals surface area contributed by atoms with Gasteiger partial charge in [-0.05, 0) is 48.6 Å². The smallest absolute Gasteiger partial charge is 0.339 e. The highest BCUT2D eigenvalue weighted by atomic mass is 35.5. The summed E-state index contributed by atoms with van der Waals surface area (Å²) in [6.45, 7) is 3.07. The predicted octanol–water partition coefficient (Wildman–Crippen LogP) is 3.31. The van der Waals surface area contributed by atoms with E-state index < -0.39 is 5.97 Å². The predicted molar refractivity (Wildman–Crippen MR) is 101 cm³/mol. The fourth-order valence-electron chi connectivity index (χ4n) is 3.66. The lowest BCUT2D eigenvalue weighted by Crippen LogP contribution is -2.29. The number of aromatic amines is 1. The van der Waals surface area contributed by atoms with Crippen LogP contribution in [0.2, 0.25) is 5.02 Å². The van der Waals surface area contributed by atoms with Gasteiger partial charge in [0.2, 0.25) is 5.91 Å². The number of carbonyl (C=O) groups excluding carboxylic acids is 3. The lowest BCUT2D eigenvalue weighted by Gasteiger charge is -2.14. The molecule has 1 atom stereocenters. The highest BCUT2D eigenvalue weighted by Crippen LogP contribution is 2.33. The Balaban J connectivity index is 1.80. The summed E-state index contributed by atoms with van der Waals surface area (Å²) in [6, 6.07) is 5.58. The van der Waals surface area contributed by atoms with E-state index in [0.717, 1.165) is 24.0 Å². The van der Waals surface area contributed by atoms with Gasteiger partial charge < -0.3 is 15.0 Å². The molecule has 0 saturated heterocycles. The summed E-state index contributed by atoms with van der Waals surface area (Å²) in [5, 5.41) is 3.69. The summed E-state index contributed by atoms with van der Waals surface area (Å²) >= 11 is 6.02. The average molecular weight is 389 g/mol. The molecule has 0 bridgehead atoms. The summed E-state index contributed by atoms with van der Waals surface area (Å²) in [4.78, 5) is 39.4. The van der Waals surface area contributed by atoms with Crippen LogP contribution in [-0.4, -0.2) is 29.8 Å². The van der Waals surface area contributed by atoms with E-state index in [1.807, 2.05) is 18.2 Å². The summed E-state index contributed by atoms with van der Waals surface area (Å²) < 4.78 is 4.81. The van der Waals surface area contributed by atoms with Gasteiger partial charge in [0.15, 0.2) is 5.78 Å². The van der Waals surface area contributed by atoms with Crippen LogP contribution in [0.25, 0.3) is 0 Å². The molecular weight excluding hydrogens is 368 g/mol. The standard InChI is InChI=1S/C20H21ClN2O4/c1-10-18(20(26)27-3)16(23-19(10)11(2)24)9-17(25)22-15-7-4-12-8-13(21)5-6-14(12)15/h5-6,8,15,23H,4,7,9H2,1-3H3,(H,22,25). The molecule has 0 saturated carbocycles. The van der Waals surface area contributed by atoms with Gasteiger partial charge in [-0.1, -0.05) is 17.7 Å². The van der Waals surface area contributed by atoms with Crippen molar-refractivity contribution in [2.45, 2.75) is 39.2 Å². The number of Topliss-reactive ketones (excluding diaryl/α,β-unsaturated/α-hetero) is 1. The minimum Gasteiger partial charge on any atom is -0.465 e. The van der Waals surface area contributed by atoms with E-state index in [1.165, 1.54) is 14.0 Å². The van der Waals surface area contributed by atoms with Gasteiger partial charge in [0.25, 0.3) is 0 Å². The molecule has 0 aliphatic heterocycles. The molecule has 1 aromatic heterocycles. The van der Waals surface area contributed by atoms with Crippen molar-refractivity contribution < 1.29 is 19.1 Å². The zero-order chi connectivity index (χ0) is 19.7. The quantitative estimate of drug-likeness (QED) is 0.607. The maximum absolute atomic E-state index is 12.6. The Morgan fingerprint density at radius 3 is 2.74 bits per heavy atom. The van der Waals surface area contributed by atoms with E-state index in [4.69, 9.17) is 16.3 Å². The first-order valence-corrected chi connectivity index (χ1v) is 9.08. The van der Waals surface area contributed by atoms with E-state index in [9.17, 15) is 14.4 Å². The monoisotopic (exact) mass is 388 g/mol. The number of esters is 1. The molecule has 27 heavy (non-hydrogen) atoms. The molecule has 0 fully saturated rings. The van der Waals surface area contributed by atoms with E-state index in [-0.39, 0.29) is 29.7 Å². The normalized spacial score (nSPS) is 15.3. The van der Waals surface area contributed by atoms with Gasteiger partial charge in [-0.25, -0.2) is 4.79 Å². The van der Waals surface area contributed by atoms with Crippen molar-refractivity contribution in [1.82, 2.24) is 10.3 Å². The van der Waals surface area contributed by atoms with Gasteiger partial charge in [-0.2, -0.15) is 0 Å². The van der Waals surface area contributed by atoms with Crippen LogP contribution < -0.4 is 5.32 Å². The molecule has 6 nitrogen and oxygen atoms in total. The third-order valence-electron chi connectivity index (χ3n) is 4.92. The molecule has 3 rings (SSSR count).